The summed E-state index contributed by atoms with van der Waals surface area (Å²) < 4.78 is 39.3. The summed E-state index contributed by atoms with van der Waals surface area (Å²) in [5.41, 5.74) is 0.707. The number of hydrogen-bond donors (Lipinski definition) is 2. The summed E-state index contributed by atoms with van der Waals surface area (Å²) in [5, 5.41) is 2.98. The molecule has 18 heavy (non-hydrogen) atoms. The zero-order valence-corrected chi connectivity index (χ0v) is 12.0. The Kier molecular flexibility index (Phi) is 7.39. The van der Waals surface area contributed by atoms with Crippen molar-refractivity contribution in [1.29, 1.82) is 0 Å². The quantitative estimate of drug-likeness (QED) is 0.781. The first-order valence-electron chi connectivity index (χ1n) is 5.44. The second kappa shape index (κ2) is 7.68. The lowest BCUT2D eigenvalue weighted by atomic mass is 10.2. The average Bonchev–Trinajstić information content (AvgIpc) is 2.28. The third-order valence-corrected chi connectivity index (χ3v) is 3.70. The van der Waals surface area contributed by atoms with E-state index in [9.17, 15) is 12.8 Å². The topological polar surface area (TPSA) is 58.2 Å². The van der Waals surface area contributed by atoms with E-state index in [1.165, 1.54) is 12.1 Å². The van der Waals surface area contributed by atoms with Gasteiger partial charge in [-0.05, 0) is 31.2 Å². The highest BCUT2D eigenvalue weighted by Gasteiger charge is 2.18. The lowest BCUT2D eigenvalue weighted by molar-refractivity contribution is 0.554. The maximum absolute atomic E-state index is 13.4. The number of likely N-dealkylation sites (N-methyl/N-ethyl adjacent to an activating group) is 1. The van der Waals surface area contributed by atoms with Gasteiger partial charge in [0.15, 0.2) is 0 Å². The van der Waals surface area contributed by atoms with Gasteiger partial charge in [-0.25, -0.2) is 17.5 Å². The smallest absolute Gasteiger partial charge is 0.243 e. The predicted octanol–water partition coefficient (Wildman–Crippen LogP) is 1.44. The molecule has 4 nitrogen and oxygen atoms in total. The first-order chi connectivity index (χ1) is 7.97. The van der Waals surface area contributed by atoms with Crippen molar-refractivity contribution in [3.05, 3.63) is 29.6 Å². The van der Waals surface area contributed by atoms with Crippen LogP contribution in [0.5, 0.6) is 0 Å². The van der Waals surface area contributed by atoms with Crippen molar-refractivity contribution < 1.29 is 12.8 Å². The van der Waals surface area contributed by atoms with Gasteiger partial charge < -0.3 is 5.32 Å². The summed E-state index contributed by atoms with van der Waals surface area (Å²) in [5.74, 6) is -0.730. The molecule has 0 aliphatic heterocycles. The molecule has 1 aromatic carbocycles. The molecule has 0 fully saturated rings. The second-order valence-electron chi connectivity index (χ2n) is 3.69. The van der Waals surface area contributed by atoms with Crippen molar-refractivity contribution in [2.75, 3.05) is 19.6 Å². The zero-order valence-electron chi connectivity index (χ0n) is 10.4. The van der Waals surface area contributed by atoms with Gasteiger partial charge in [0.2, 0.25) is 10.0 Å². The van der Waals surface area contributed by atoms with Crippen LogP contribution in [-0.2, 0) is 10.0 Å². The van der Waals surface area contributed by atoms with Crippen LogP contribution in [0.25, 0.3) is 0 Å². The van der Waals surface area contributed by atoms with E-state index in [1.807, 2.05) is 6.92 Å². The fourth-order valence-electron chi connectivity index (χ4n) is 1.34. The van der Waals surface area contributed by atoms with Crippen LogP contribution in [0.15, 0.2) is 23.1 Å². The summed E-state index contributed by atoms with van der Waals surface area (Å²) >= 11 is 0. The van der Waals surface area contributed by atoms with Crippen molar-refractivity contribution in [3.8, 4) is 0 Å². The van der Waals surface area contributed by atoms with E-state index >= 15 is 0 Å². The van der Waals surface area contributed by atoms with Crippen LogP contribution in [0.3, 0.4) is 0 Å². The number of halogens is 2. The zero-order chi connectivity index (χ0) is 12.9. The Labute approximate surface area is 113 Å². The maximum atomic E-state index is 13.4. The number of benzene rings is 1. The van der Waals surface area contributed by atoms with Gasteiger partial charge in [0.05, 0.1) is 0 Å². The van der Waals surface area contributed by atoms with Crippen molar-refractivity contribution >= 4 is 22.4 Å². The van der Waals surface area contributed by atoms with Crippen LogP contribution in [0, 0.1) is 12.7 Å². The summed E-state index contributed by atoms with van der Waals surface area (Å²) in [4.78, 5) is -0.297. The lowest BCUT2D eigenvalue weighted by Crippen LogP contribution is -2.32. The van der Waals surface area contributed by atoms with E-state index in [4.69, 9.17) is 0 Å². The molecule has 0 saturated carbocycles. The molecule has 0 aliphatic rings. The Hall–Kier alpha value is -0.690. The number of aryl methyl sites for hydroxylation is 1. The monoisotopic (exact) mass is 296 g/mol. The first-order valence-corrected chi connectivity index (χ1v) is 6.92. The van der Waals surface area contributed by atoms with Gasteiger partial charge in [0, 0.05) is 13.1 Å². The molecule has 0 saturated heterocycles. The molecule has 0 aliphatic carbocycles. The van der Waals surface area contributed by atoms with Crippen molar-refractivity contribution in [1.82, 2.24) is 10.0 Å². The Morgan fingerprint density at radius 3 is 2.56 bits per heavy atom. The van der Waals surface area contributed by atoms with Crippen LogP contribution < -0.4 is 10.0 Å². The van der Waals surface area contributed by atoms with Gasteiger partial charge in [-0.1, -0.05) is 13.0 Å². The minimum atomic E-state index is -3.76. The highest BCUT2D eigenvalue weighted by Crippen LogP contribution is 2.15. The molecule has 1 rings (SSSR count). The minimum absolute atomic E-state index is 0. The summed E-state index contributed by atoms with van der Waals surface area (Å²) in [6.45, 7) is 5.17. The number of hydrogen-bond acceptors (Lipinski definition) is 3. The van der Waals surface area contributed by atoms with Gasteiger partial charge in [0.1, 0.15) is 10.7 Å². The average molecular weight is 297 g/mol. The van der Waals surface area contributed by atoms with Gasteiger partial charge in [-0.3, -0.25) is 0 Å². The molecule has 0 aromatic heterocycles. The Bertz CT molecular complexity index is 480. The highest BCUT2D eigenvalue weighted by atomic mass is 35.5. The van der Waals surface area contributed by atoms with Gasteiger partial charge >= 0.3 is 0 Å². The van der Waals surface area contributed by atoms with Crippen molar-refractivity contribution in [2.45, 2.75) is 18.7 Å². The summed E-state index contributed by atoms with van der Waals surface area (Å²) in [6.07, 6.45) is 0. The molecule has 104 valence electrons. The fraction of sp³-hybridized carbons (Fsp3) is 0.455. The molecule has 0 bridgehead atoms. The number of rotatable bonds is 6. The molecular weight excluding hydrogens is 279 g/mol. The van der Waals surface area contributed by atoms with Crippen LogP contribution in [-0.4, -0.2) is 28.1 Å². The molecule has 0 unspecified atom stereocenters. The first kappa shape index (κ1) is 17.3. The van der Waals surface area contributed by atoms with Crippen LogP contribution in [0.4, 0.5) is 4.39 Å². The van der Waals surface area contributed by atoms with Crippen LogP contribution in [0.1, 0.15) is 12.5 Å². The molecule has 1 aromatic rings. The predicted molar refractivity (Wildman–Crippen MR) is 72.1 cm³/mol. The second-order valence-corrected chi connectivity index (χ2v) is 5.42. The van der Waals surface area contributed by atoms with Gasteiger partial charge in [-0.15, -0.1) is 12.4 Å². The summed E-state index contributed by atoms with van der Waals surface area (Å²) in [7, 11) is -3.76. The molecule has 7 heteroatoms. The van der Waals surface area contributed by atoms with E-state index in [0.717, 1.165) is 12.6 Å². The highest BCUT2D eigenvalue weighted by molar-refractivity contribution is 7.89. The Balaban J connectivity index is 0.00000289. The van der Waals surface area contributed by atoms with Crippen LogP contribution >= 0.6 is 12.4 Å². The SMILES string of the molecule is CCNCCNS(=O)(=O)c1cc(C)ccc1F.Cl. The van der Waals surface area contributed by atoms with Crippen molar-refractivity contribution in [3.63, 3.8) is 0 Å². The molecule has 0 heterocycles. The van der Waals surface area contributed by atoms with E-state index in [1.54, 1.807) is 6.92 Å². The molecule has 0 radical (unpaired) electrons. The molecule has 0 spiro atoms. The normalized spacial score (nSPS) is 11.1. The molecule has 0 atom stereocenters. The fourth-order valence-corrected chi connectivity index (χ4v) is 2.54. The minimum Gasteiger partial charge on any atom is -0.316 e. The van der Waals surface area contributed by atoms with Gasteiger partial charge in [0.25, 0.3) is 0 Å². The van der Waals surface area contributed by atoms with E-state index in [0.29, 0.717) is 12.1 Å². The maximum Gasteiger partial charge on any atom is 0.243 e. The Morgan fingerprint density at radius 2 is 1.94 bits per heavy atom. The number of nitrogens with one attached hydrogen (secondary N) is 2. The van der Waals surface area contributed by atoms with Crippen LogP contribution in [0.2, 0.25) is 0 Å². The standard InChI is InChI=1S/C11H17FN2O2S.ClH/c1-3-13-6-7-14-17(15,16)11-8-9(2)4-5-10(11)12;/h4-5,8,13-14H,3,6-7H2,1-2H3;1H. The third kappa shape index (κ3) is 4.89. The molecule has 2 N–H and O–H groups in total. The third-order valence-electron chi connectivity index (χ3n) is 2.22. The Morgan fingerprint density at radius 1 is 1.28 bits per heavy atom. The number of sulfonamides is 1. The van der Waals surface area contributed by atoms with Gasteiger partial charge in [-0.2, -0.15) is 0 Å². The van der Waals surface area contributed by atoms with E-state index < -0.39 is 15.8 Å². The summed E-state index contributed by atoms with van der Waals surface area (Å²) in [6, 6.07) is 4.02. The largest absolute Gasteiger partial charge is 0.316 e. The van der Waals surface area contributed by atoms with Crippen molar-refractivity contribution in [2.24, 2.45) is 0 Å². The van der Waals surface area contributed by atoms with E-state index in [-0.39, 0.29) is 23.8 Å². The molecule has 0 amide bonds. The molecular formula is C11H18ClFN2O2S. The lowest BCUT2D eigenvalue weighted by Gasteiger charge is -2.08. The van der Waals surface area contributed by atoms with E-state index in [2.05, 4.69) is 10.0 Å².